The summed E-state index contributed by atoms with van der Waals surface area (Å²) in [5.74, 6) is 2.54. The lowest BCUT2D eigenvalue weighted by Crippen LogP contribution is -2.35. The minimum Gasteiger partial charge on any atom is -0.477 e. The molecule has 2 amide bonds. The molecule has 0 radical (unpaired) electrons. The van der Waals surface area contributed by atoms with Crippen molar-refractivity contribution in [3.8, 4) is 11.8 Å². The van der Waals surface area contributed by atoms with Gasteiger partial charge in [0.05, 0.1) is 25.6 Å². The van der Waals surface area contributed by atoms with Gasteiger partial charge in [-0.1, -0.05) is 23.2 Å². The number of benzene rings is 2. The monoisotopic (exact) mass is 846 g/mol. The van der Waals surface area contributed by atoms with Crippen molar-refractivity contribution < 1.29 is 31.1 Å². The standard InChI is InChI=1S/C19H21ClN4O4S.C12H14ClN.C6H9N3O3S/c20-13-8-14(11-2-3-11)17(15(9-13)12-4-5-12)22-19(25)23-29(26,27)16-10-21-24-6-1-7-28-18(16)24;13-9-5-10(7-1-2-7)12(14)11(6-9)8-3-4-8;7-13(10,11)5-4-8-9-2-1-3-12-6(5)9/h8-12H,1-7H2,(H2,22,23,25);5-8H,1-4,14H2;4H,1-3H2,(H2,7,10,11). The number of anilines is 2. The summed E-state index contributed by atoms with van der Waals surface area (Å²) in [5.41, 5.74) is 12.5. The van der Waals surface area contributed by atoms with Crippen LogP contribution in [-0.2, 0) is 33.1 Å². The first kappa shape index (κ1) is 38.8. The van der Waals surface area contributed by atoms with Crippen molar-refractivity contribution in [2.45, 2.75) is 111 Å². The van der Waals surface area contributed by atoms with E-state index in [1.165, 1.54) is 58.6 Å². The number of nitrogens with zero attached hydrogens (tertiary/aromatic N) is 4. The van der Waals surface area contributed by atoms with Crippen molar-refractivity contribution in [2.24, 2.45) is 5.14 Å². The van der Waals surface area contributed by atoms with E-state index < -0.39 is 26.1 Å². The summed E-state index contributed by atoms with van der Waals surface area (Å²) < 4.78 is 63.2. The Balaban J connectivity index is 0.000000135. The van der Waals surface area contributed by atoms with E-state index in [0.717, 1.165) is 60.4 Å². The van der Waals surface area contributed by atoms with E-state index in [-0.39, 0.29) is 21.6 Å². The second kappa shape index (κ2) is 15.4. The number of carbonyl (C=O) groups excluding carboxylic acids is 1. The molecule has 300 valence electrons. The molecule has 2 aliphatic heterocycles. The number of fused-ring (bicyclic) bond motifs is 2. The highest BCUT2D eigenvalue weighted by molar-refractivity contribution is 7.90. The van der Waals surface area contributed by atoms with Crippen molar-refractivity contribution in [3.05, 3.63) is 69.0 Å². The molecule has 4 heterocycles. The van der Waals surface area contributed by atoms with E-state index in [2.05, 4.69) is 32.4 Å². The Morgan fingerprint density at radius 3 is 1.55 bits per heavy atom. The van der Waals surface area contributed by atoms with E-state index >= 15 is 0 Å². The van der Waals surface area contributed by atoms with E-state index in [4.69, 9.17) is 43.5 Å². The SMILES string of the molecule is NS(=O)(=O)c1cnn2c1OCCC2.Nc1c(C2CC2)cc(Cl)cc1C1CC1.O=C(Nc1c(C2CC2)cc(Cl)cc1C1CC1)NS(=O)(=O)c1cnn2c1OCCC2. The number of halogens is 2. The summed E-state index contributed by atoms with van der Waals surface area (Å²) in [6.45, 7) is 2.18. The molecular formula is C37H44Cl2N8O7S2. The van der Waals surface area contributed by atoms with Crippen LogP contribution in [0.1, 0.15) is 110 Å². The van der Waals surface area contributed by atoms with Crippen LogP contribution in [0.5, 0.6) is 11.8 Å². The first-order valence-corrected chi connectivity index (χ1v) is 22.7. The van der Waals surface area contributed by atoms with Gasteiger partial charge < -0.3 is 20.5 Å². The van der Waals surface area contributed by atoms with E-state index in [1.807, 2.05) is 12.1 Å². The Bertz CT molecular complexity index is 2320. The molecule has 19 heteroatoms. The number of hydrogen-bond donors (Lipinski definition) is 4. The molecule has 6 N–H and O–H groups in total. The van der Waals surface area contributed by atoms with Crippen molar-refractivity contribution in [2.75, 3.05) is 24.3 Å². The molecule has 2 aromatic carbocycles. The minimum atomic E-state index is -4.12. The minimum absolute atomic E-state index is 0.0350. The van der Waals surface area contributed by atoms with Gasteiger partial charge >= 0.3 is 6.03 Å². The number of urea groups is 1. The van der Waals surface area contributed by atoms with Gasteiger partial charge in [-0.05, 0) is 122 Å². The van der Waals surface area contributed by atoms with Crippen LogP contribution in [0.3, 0.4) is 0 Å². The second-order valence-corrected chi connectivity index (χ2v) is 19.2. The van der Waals surface area contributed by atoms with Crippen LogP contribution in [-0.4, -0.2) is 55.6 Å². The summed E-state index contributed by atoms with van der Waals surface area (Å²) in [5, 5.41) is 17.2. The third-order valence-corrected chi connectivity index (χ3v) is 13.2. The summed E-state index contributed by atoms with van der Waals surface area (Å²) in [4.78, 5) is 12.5. The van der Waals surface area contributed by atoms with Crippen LogP contribution in [0, 0.1) is 0 Å². The number of nitrogens with one attached hydrogen (secondary N) is 2. The Morgan fingerprint density at radius 2 is 1.11 bits per heavy atom. The topological polar surface area (TPSA) is 216 Å². The van der Waals surface area contributed by atoms with Crippen LogP contribution in [0.15, 0.2) is 46.5 Å². The molecule has 15 nitrogen and oxygen atoms in total. The van der Waals surface area contributed by atoms with Gasteiger partial charge in [-0.2, -0.15) is 10.2 Å². The third kappa shape index (κ3) is 8.76. The molecule has 4 aromatic rings. The van der Waals surface area contributed by atoms with Crippen molar-refractivity contribution in [1.29, 1.82) is 0 Å². The smallest absolute Gasteiger partial charge is 0.333 e. The van der Waals surface area contributed by atoms with Crippen molar-refractivity contribution in [1.82, 2.24) is 24.3 Å². The van der Waals surface area contributed by atoms with Gasteiger partial charge in [0.25, 0.3) is 10.0 Å². The molecule has 0 saturated heterocycles. The molecule has 4 fully saturated rings. The first-order chi connectivity index (χ1) is 26.8. The maximum absolute atomic E-state index is 12.8. The molecule has 10 rings (SSSR count). The van der Waals surface area contributed by atoms with Crippen LogP contribution in [0.2, 0.25) is 10.0 Å². The van der Waals surface area contributed by atoms with Crippen LogP contribution in [0.4, 0.5) is 16.2 Å². The molecule has 6 aliphatic rings. The summed E-state index contributed by atoms with van der Waals surface area (Å²) in [7, 11) is -7.83. The predicted molar refractivity (Wildman–Crippen MR) is 211 cm³/mol. The van der Waals surface area contributed by atoms with Crippen LogP contribution >= 0.6 is 23.2 Å². The molecule has 0 unspecified atom stereocenters. The largest absolute Gasteiger partial charge is 0.477 e. The fourth-order valence-electron chi connectivity index (χ4n) is 7.14. The maximum atomic E-state index is 12.8. The fraction of sp³-hybridized carbons (Fsp3) is 0.486. The highest BCUT2D eigenvalue weighted by Crippen LogP contribution is 2.52. The lowest BCUT2D eigenvalue weighted by molar-refractivity contribution is 0.224. The zero-order chi connectivity index (χ0) is 39.4. The molecule has 0 atom stereocenters. The number of hydrogen-bond acceptors (Lipinski definition) is 10. The molecule has 0 bridgehead atoms. The lowest BCUT2D eigenvalue weighted by Gasteiger charge is -2.18. The summed E-state index contributed by atoms with van der Waals surface area (Å²) in [6, 6.07) is 7.06. The van der Waals surface area contributed by atoms with E-state index in [0.29, 0.717) is 60.7 Å². The van der Waals surface area contributed by atoms with Gasteiger partial charge in [0.1, 0.15) is 0 Å². The number of carbonyl (C=O) groups is 1. The zero-order valence-corrected chi connectivity index (χ0v) is 33.7. The lowest BCUT2D eigenvalue weighted by atomic mass is 10.00. The average molecular weight is 848 g/mol. The normalized spacial score (nSPS) is 18.8. The number of primary sulfonamides is 1. The van der Waals surface area contributed by atoms with Gasteiger partial charge in [0.2, 0.25) is 21.8 Å². The zero-order valence-electron chi connectivity index (χ0n) is 30.5. The first-order valence-electron chi connectivity index (χ1n) is 18.9. The Labute approximate surface area is 335 Å². The van der Waals surface area contributed by atoms with Crippen LogP contribution < -0.4 is 30.4 Å². The Morgan fingerprint density at radius 1 is 0.696 bits per heavy atom. The predicted octanol–water partition coefficient (Wildman–Crippen LogP) is 6.57. The van der Waals surface area contributed by atoms with Gasteiger partial charge in [-0.15, -0.1) is 0 Å². The van der Waals surface area contributed by atoms with Gasteiger partial charge in [-0.25, -0.2) is 40.9 Å². The average Bonchev–Trinajstić information content (AvgIpc) is 3.94. The Kier molecular flexibility index (Phi) is 10.7. The third-order valence-electron chi connectivity index (χ3n) is 10.5. The summed E-state index contributed by atoms with van der Waals surface area (Å²) >= 11 is 12.4. The second-order valence-electron chi connectivity index (χ2n) is 15.1. The number of nitrogen functional groups attached to an aromatic ring is 1. The van der Waals surface area contributed by atoms with Crippen LogP contribution in [0.25, 0.3) is 0 Å². The van der Waals surface area contributed by atoms with Crippen molar-refractivity contribution in [3.63, 3.8) is 0 Å². The number of nitrogens with two attached hydrogens (primary N) is 2. The van der Waals surface area contributed by atoms with Crippen molar-refractivity contribution >= 4 is 60.7 Å². The van der Waals surface area contributed by atoms with E-state index in [9.17, 15) is 21.6 Å². The number of rotatable bonds is 8. The molecule has 4 saturated carbocycles. The number of aryl methyl sites for hydroxylation is 2. The highest BCUT2D eigenvalue weighted by Gasteiger charge is 2.35. The van der Waals surface area contributed by atoms with Gasteiger partial charge in [0, 0.05) is 47.4 Å². The highest BCUT2D eigenvalue weighted by atomic mass is 35.5. The molecule has 4 aliphatic carbocycles. The maximum Gasteiger partial charge on any atom is 0.333 e. The quantitative estimate of drug-likeness (QED) is 0.140. The van der Waals surface area contributed by atoms with Gasteiger partial charge in [-0.3, -0.25) is 0 Å². The fourth-order valence-corrected chi connectivity index (χ4v) is 9.19. The number of amides is 2. The van der Waals surface area contributed by atoms with E-state index in [1.54, 1.807) is 0 Å². The number of aromatic nitrogens is 4. The molecule has 56 heavy (non-hydrogen) atoms. The number of sulfonamides is 2. The summed E-state index contributed by atoms with van der Waals surface area (Å²) in [6.07, 6.45) is 13.3. The van der Waals surface area contributed by atoms with Gasteiger partial charge in [0.15, 0.2) is 9.79 Å². The molecule has 0 spiro atoms. The molecule has 2 aromatic heterocycles. The number of ether oxygens (including phenoxy) is 2. The Hall–Kier alpha value is -4.03. The molecular weight excluding hydrogens is 803 g/mol.